The average molecular weight is 333 g/mol. The van der Waals surface area contributed by atoms with E-state index in [9.17, 15) is 9.90 Å². The van der Waals surface area contributed by atoms with E-state index in [1.807, 2.05) is 0 Å². The molecular formula is C18H27N3O3. The summed E-state index contributed by atoms with van der Waals surface area (Å²) in [6.45, 7) is 3.59. The summed E-state index contributed by atoms with van der Waals surface area (Å²) in [4.78, 5) is 14.7. The Morgan fingerprint density at radius 3 is 2.96 bits per heavy atom. The van der Waals surface area contributed by atoms with Gasteiger partial charge in [-0.25, -0.2) is 4.68 Å². The fourth-order valence-corrected chi connectivity index (χ4v) is 4.37. The predicted molar refractivity (Wildman–Crippen MR) is 90.1 cm³/mol. The molecule has 2 aliphatic heterocycles. The zero-order valence-corrected chi connectivity index (χ0v) is 14.2. The van der Waals surface area contributed by atoms with Crippen LogP contribution >= 0.6 is 0 Å². The number of aliphatic hydroxyl groups is 1. The van der Waals surface area contributed by atoms with Crippen molar-refractivity contribution in [3.8, 4) is 0 Å². The minimum Gasteiger partial charge on any atom is -0.388 e. The van der Waals surface area contributed by atoms with Gasteiger partial charge in [-0.15, -0.1) is 0 Å². The van der Waals surface area contributed by atoms with E-state index in [4.69, 9.17) is 4.74 Å². The monoisotopic (exact) mass is 333 g/mol. The predicted octanol–water partition coefficient (Wildman–Crippen LogP) is 0.738. The van der Waals surface area contributed by atoms with Crippen molar-refractivity contribution in [3.05, 3.63) is 27.7 Å². The van der Waals surface area contributed by atoms with Crippen molar-refractivity contribution >= 4 is 0 Å². The van der Waals surface area contributed by atoms with Crippen LogP contribution in [0.2, 0.25) is 0 Å². The Morgan fingerprint density at radius 2 is 2.12 bits per heavy atom. The fraction of sp³-hybridized carbons (Fsp3) is 0.778. The number of hydrogen-bond acceptors (Lipinski definition) is 5. The first-order valence-corrected chi connectivity index (χ1v) is 9.27. The Hall–Kier alpha value is -1.24. The SMILES string of the molecule is O=c1cc2c(nn1CC1CCCN1CC1(O)CCOCC1)CCC2. The number of nitrogens with zero attached hydrogens (tertiary/aromatic N) is 3. The maximum absolute atomic E-state index is 12.3. The highest BCUT2D eigenvalue weighted by atomic mass is 16.5. The Labute approximate surface area is 142 Å². The molecule has 2 saturated heterocycles. The van der Waals surface area contributed by atoms with Gasteiger partial charge in [-0.3, -0.25) is 9.69 Å². The molecule has 0 amide bonds. The van der Waals surface area contributed by atoms with Gasteiger partial charge in [0.2, 0.25) is 0 Å². The molecule has 132 valence electrons. The van der Waals surface area contributed by atoms with Crippen LogP contribution in [0.25, 0.3) is 0 Å². The number of hydrogen-bond donors (Lipinski definition) is 1. The van der Waals surface area contributed by atoms with Gasteiger partial charge in [0.1, 0.15) is 0 Å². The van der Waals surface area contributed by atoms with E-state index in [-0.39, 0.29) is 5.56 Å². The van der Waals surface area contributed by atoms with Crippen LogP contribution in [0.1, 0.15) is 43.4 Å². The molecule has 0 saturated carbocycles. The zero-order valence-electron chi connectivity index (χ0n) is 14.2. The van der Waals surface area contributed by atoms with Crippen LogP contribution in [-0.4, -0.2) is 57.7 Å². The first-order chi connectivity index (χ1) is 11.6. The molecule has 6 heteroatoms. The lowest BCUT2D eigenvalue weighted by Gasteiger charge is -2.37. The van der Waals surface area contributed by atoms with Crippen LogP contribution in [0.3, 0.4) is 0 Å². The van der Waals surface area contributed by atoms with Gasteiger partial charge < -0.3 is 9.84 Å². The third kappa shape index (κ3) is 3.27. The van der Waals surface area contributed by atoms with Crippen LogP contribution in [-0.2, 0) is 24.1 Å². The summed E-state index contributed by atoms with van der Waals surface area (Å²) >= 11 is 0. The van der Waals surface area contributed by atoms with E-state index in [1.54, 1.807) is 10.7 Å². The molecule has 3 aliphatic rings. The van der Waals surface area contributed by atoms with E-state index in [0.717, 1.165) is 49.9 Å². The number of rotatable bonds is 4. The molecular weight excluding hydrogens is 306 g/mol. The van der Waals surface area contributed by atoms with Crippen molar-refractivity contribution in [1.82, 2.24) is 14.7 Å². The highest BCUT2D eigenvalue weighted by Gasteiger charge is 2.36. The molecule has 2 fully saturated rings. The van der Waals surface area contributed by atoms with Crippen LogP contribution in [0.15, 0.2) is 10.9 Å². The number of fused-ring (bicyclic) bond motifs is 1. The van der Waals surface area contributed by atoms with Gasteiger partial charge in [0.15, 0.2) is 0 Å². The summed E-state index contributed by atoms with van der Waals surface area (Å²) < 4.78 is 7.03. The molecule has 0 bridgehead atoms. The van der Waals surface area contributed by atoms with Gasteiger partial charge in [0, 0.05) is 44.7 Å². The Bertz CT molecular complexity index is 651. The van der Waals surface area contributed by atoms with Crippen molar-refractivity contribution in [1.29, 1.82) is 0 Å². The largest absolute Gasteiger partial charge is 0.388 e. The minimum absolute atomic E-state index is 0.0206. The zero-order chi connectivity index (χ0) is 16.6. The Balaban J connectivity index is 1.46. The number of aromatic nitrogens is 2. The van der Waals surface area contributed by atoms with E-state index < -0.39 is 5.60 Å². The average Bonchev–Trinajstić information content (AvgIpc) is 3.17. The van der Waals surface area contributed by atoms with Gasteiger partial charge in [-0.05, 0) is 44.2 Å². The third-order valence-corrected chi connectivity index (χ3v) is 5.83. The standard InChI is InChI=1S/C18H27N3O3/c22-17-11-14-3-1-5-16(14)19-21(17)12-15-4-2-8-20(15)13-18(23)6-9-24-10-7-18/h11,15,23H,1-10,12-13H2. The Morgan fingerprint density at radius 1 is 1.29 bits per heavy atom. The molecule has 0 radical (unpaired) electrons. The molecule has 24 heavy (non-hydrogen) atoms. The lowest BCUT2D eigenvalue weighted by molar-refractivity contribution is -0.0821. The van der Waals surface area contributed by atoms with Crippen LogP contribution in [0.5, 0.6) is 0 Å². The molecule has 0 spiro atoms. The highest BCUT2D eigenvalue weighted by Crippen LogP contribution is 2.27. The number of likely N-dealkylation sites (tertiary alicyclic amines) is 1. The molecule has 3 heterocycles. The third-order valence-electron chi connectivity index (χ3n) is 5.83. The molecule has 1 N–H and O–H groups in total. The molecule has 4 rings (SSSR count). The van der Waals surface area contributed by atoms with Gasteiger partial charge in [0.25, 0.3) is 5.56 Å². The minimum atomic E-state index is -0.642. The van der Waals surface area contributed by atoms with E-state index in [2.05, 4.69) is 10.00 Å². The number of ether oxygens (including phenoxy) is 1. The summed E-state index contributed by atoms with van der Waals surface area (Å²) in [7, 11) is 0. The molecule has 1 aliphatic carbocycles. The van der Waals surface area contributed by atoms with Gasteiger partial charge in [-0.1, -0.05) is 0 Å². The maximum Gasteiger partial charge on any atom is 0.267 e. The molecule has 1 atom stereocenters. The van der Waals surface area contributed by atoms with Gasteiger partial charge in [-0.2, -0.15) is 5.10 Å². The van der Waals surface area contributed by atoms with E-state index in [0.29, 0.717) is 45.2 Å². The van der Waals surface area contributed by atoms with Crippen molar-refractivity contribution in [2.45, 2.75) is 63.1 Å². The summed E-state index contributed by atoms with van der Waals surface area (Å²) in [5.41, 5.74) is 1.61. The molecule has 1 aromatic heterocycles. The van der Waals surface area contributed by atoms with Crippen molar-refractivity contribution in [3.63, 3.8) is 0 Å². The summed E-state index contributed by atoms with van der Waals surface area (Å²) in [5.74, 6) is 0. The van der Waals surface area contributed by atoms with Crippen LogP contribution in [0.4, 0.5) is 0 Å². The molecule has 6 nitrogen and oxygen atoms in total. The second kappa shape index (κ2) is 6.58. The maximum atomic E-state index is 12.3. The number of aryl methyl sites for hydroxylation is 2. The molecule has 1 unspecified atom stereocenters. The molecule has 0 aromatic carbocycles. The second-order valence-corrected chi connectivity index (χ2v) is 7.59. The lowest BCUT2D eigenvalue weighted by Crippen LogP contribution is -2.49. The summed E-state index contributed by atoms with van der Waals surface area (Å²) in [6, 6.07) is 2.07. The lowest BCUT2D eigenvalue weighted by atomic mass is 9.93. The van der Waals surface area contributed by atoms with Crippen molar-refractivity contribution < 1.29 is 9.84 Å². The topological polar surface area (TPSA) is 67.6 Å². The normalized spacial score (nSPS) is 26.6. The van der Waals surface area contributed by atoms with Crippen LogP contribution < -0.4 is 5.56 Å². The van der Waals surface area contributed by atoms with E-state index in [1.165, 1.54) is 0 Å². The number of β-amino-alcohol motifs (C(OH)–C–C–N with tert-alkyl or cyclic N) is 1. The molecule has 1 aromatic rings. The van der Waals surface area contributed by atoms with Crippen molar-refractivity contribution in [2.75, 3.05) is 26.3 Å². The Kier molecular flexibility index (Phi) is 4.45. The highest BCUT2D eigenvalue weighted by molar-refractivity contribution is 5.22. The first kappa shape index (κ1) is 16.2. The van der Waals surface area contributed by atoms with Gasteiger partial charge >= 0.3 is 0 Å². The van der Waals surface area contributed by atoms with Crippen molar-refractivity contribution in [2.24, 2.45) is 0 Å². The first-order valence-electron chi connectivity index (χ1n) is 9.27. The fourth-order valence-electron chi connectivity index (χ4n) is 4.37. The quantitative estimate of drug-likeness (QED) is 0.880. The summed E-state index contributed by atoms with van der Waals surface area (Å²) in [6.07, 6.45) is 6.68. The van der Waals surface area contributed by atoms with Crippen LogP contribution in [0, 0.1) is 0 Å². The second-order valence-electron chi connectivity index (χ2n) is 7.59. The van der Waals surface area contributed by atoms with E-state index >= 15 is 0 Å². The summed E-state index contributed by atoms with van der Waals surface area (Å²) in [5, 5.41) is 15.4. The van der Waals surface area contributed by atoms with Gasteiger partial charge in [0.05, 0.1) is 17.8 Å². The smallest absolute Gasteiger partial charge is 0.267 e.